The van der Waals surface area contributed by atoms with Gasteiger partial charge in [0.25, 0.3) is 11.8 Å². The minimum Gasteiger partial charge on any atom is -0.338 e. The normalized spacial score (nSPS) is 14.3. The van der Waals surface area contributed by atoms with E-state index >= 15 is 0 Å². The summed E-state index contributed by atoms with van der Waals surface area (Å²) < 4.78 is 16.9. The lowest BCUT2D eigenvalue weighted by atomic mass is 10.0. The lowest BCUT2D eigenvalue weighted by Gasteiger charge is -2.32. The van der Waals surface area contributed by atoms with Crippen LogP contribution in [-0.4, -0.2) is 44.6 Å². The summed E-state index contributed by atoms with van der Waals surface area (Å²) in [5, 5.41) is 8.52. The van der Waals surface area contributed by atoms with E-state index in [2.05, 4.69) is 31.3 Å². The zero-order chi connectivity index (χ0) is 25.4. The molecule has 0 radical (unpaired) electrons. The van der Waals surface area contributed by atoms with Gasteiger partial charge in [0, 0.05) is 40.4 Å². The summed E-state index contributed by atoms with van der Waals surface area (Å²) in [5.74, 6) is -1.16. The molecule has 2 aromatic heterocycles. The van der Waals surface area contributed by atoms with E-state index in [1.54, 1.807) is 48.4 Å². The molecule has 0 saturated carbocycles. The molecule has 4 aromatic rings. The molecule has 2 amide bonds. The molecule has 0 bridgehead atoms. The highest BCUT2D eigenvalue weighted by molar-refractivity contribution is 9.10. The summed E-state index contributed by atoms with van der Waals surface area (Å²) >= 11 is 9.34. The van der Waals surface area contributed by atoms with E-state index in [0.717, 1.165) is 10.9 Å². The molecule has 1 aliphatic rings. The van der Waals surface area contributed by atoms with Gasteiger partial charge in [-0.15, -0.1) is 0 Å². The summed E-state index contributed by atoms with van der Waals surface area (Å²) in [6.45, 7) is 2.75. The SMILES string of the molecule is Cc1c(Br)ccc(C(=O)Nc2cnn(C3CCN(C(=O)c4cnc5ccc(Cl)cc5c4)CC3)c2)c1F. The molecule has 1 aliphatic heterocycles. The number of fused-ring (bicyclic) bond motifs is 1. The van der Waals surface area contributed by atoms with Crippen LogP contribution in [0.3, 0.4) is 0 Å². The monoisotopic (exact) mass is 569 g/mol. The smallest absolute Gasteiger partial charge is 0.258 e. The molecule has 1 saturated heterocycles. The van der Waals surface area contributed by atoms with Crippen LogP contribution in [0.2, 0.25) is 5.02 Å². The molecule has 0 unspecified atom stereocenters. The van der Waals surface area contributed by atoms with Gasteiger partial charge in [0.15, 0.2) is 0 Å². The Balaban J connectivity index is 1.21. The molecule has 36 heavy (non-hydrogen) atoms. The van der Waals surface area contributed by atoms with E-state index in [-0.39, 0.29) is 17.5 Å². The number of anilines is 1. The fourth-order valence-corrected chi connectivity index (χ4v) is 4.86. The van der Waals surface area contributed by atoms with Crippen LogP contribution in [0.15, 0.2) is 59.5 Å². The van der Waals surface area contributed by atoms with Crippen molar-refractivity contribution >= 4 is 55.9 Å². The average molecular weight is 571 g/mol. The van der Waals surface area contributed by atoms with Crippen LogP contribution >= 0.6 is 27.5 Å². The van der Waals surface area contributed by atoms with Gasteiger partial charge >= 0.3 is 0 Å². The number of rotatable bonds is 4. The largest absolute Gasteiger partial charge is 0.338 e. The Kier molecular flexibility index (Phi) is 6.77. The van der Waals surface area contributed by atoms with Crippen molar-refractivity contribution in [1.82, 2.24) is 19.7 Å². The highest BCUT2D eigenvalue weighted by atomic mass is 79.9. The molecule has 3 heterocycles. The molecule has 10 heteroatoms. The van der Waals surface area contributed by atoms with Gasteiger partial charge in [0.05, 0.1) is 34.6 Å². The predicted molar refractivity (Wildman–Crippen MR) is 140 cm³/mol. The third-order valence-electron chi connectivity index (χ3n) is 6.44. The van der Waals surface area contributed by atoms with Crippen molar-refractivity contribution in [1.29, 1.82) is 0 Å². The number of hydrogen-bond donors (Lipinski definition) is 1. The Morgan fingerprint density at radius 3 is 2.69 bits per heavy atom. The number of hydrogen-bond acceptors (Lipinski definition) is 4. The minimum absolute atomic E-state index is 0.0271. The van der Waals surface area contributed by atoms with Gasteiger partial charge in [0.2, 0.25) is 0 Å². The number of nitrogens with one attached hydrogen (secondary N) is 1. The van der Waals surface area contributed by atoms with Gasteiger partial charge in [-0.2, -0.15) is 5.10 Å². The first kappa shape index (κ1) is 24.4. The number of nitrogens with zero attached hydrogens (tertiary/aromatic N) is 4. The molecule has 0 atom stereocenters. The molecule has 0 aliphatic carbocycles. The molecule has 2 aromatic carbocycles. The summed E-state index contributed by atoms with van der Waals surface area (Å²) in [6.07, 6.45) is 6.32. The lowest BCUT2D eigenvalue weighted by molar-refractivity contribution is 0.0689. The van der Waals surface area contributed by atoms with Gasteiger partial charge < -0.3 is 10.2 Å². The molecule has 1 fully saturated rings. The van der Waals surface area contributed by atoms with Gasteiger partial charge in [-0.25, -0.2) is 4.39 Å². The maximum Gasteiger partial charge on any atom is 0.258 e. The molecular formula is C26H22BrClFN5O2. The quantitative estimate of drug-likeness (QED) is 0.325. The first-order chi connectivity index (χ1) is 17.3. The third kappa shape index (κ3) is 4.85. The van der Waals surface area contributed by atoms with E-state index < -0.39 is 11.7 Å². The number of pyridine rings is 1. The van der Waals surface area contributed by atoms with Crippen molar-refractivity contribution in [2.45, 2.75) is 25.8 Å². The molecule has 1 N–H and O–H groups in total. The fourth-order valence-electron chi connectivity index (χ4n) is 4.37. The molecule has 0 spiro atoms. The van der Waals surface area contributed by atoms with E-state index in [1.165, 1.54) is 6.07 Å². The maximum atomic E-state index is 14.5. The van der Waals surface area contributed by atoms with E-state index in [1.807, 2.05) is 17.0 Å². The highest BCUT2D eigenvalue weighted by Gasteiger charge is 2.26. The van der Waals surface area contributed by atoms with Crippen molar-refractivity contribution in [3.05, 3.63) is 87.0 Å². The van der Waals surface area contributed by atoms with Crippen molar-refractivity contribution in [3.8, 4) is 0 Å². The number of amides is 2. The average Bonchev–Trinajstić information content (AvgIpc) is 3.35. The Morgan fingerprint density at radius 2 is 1.92 bits per heavy atom. The number of carbonyl (C=O) groups excluding carboxylic acids is 2. The van der Waals surface area contributed by atoms with Crippen LogP contribution in [0, 0.1) is 12.7 Å². The van der Waals surface area contributed by atoms with Crippen molar-refractivity contribution in [2.24, 2.45) is 0 Å². The van der Waals surface area contributed by atoms with Crippen molar-refractivity contribution < 1.29 is 14.0 Å². The summed E-state index contributed by atoms with van der Waals surface area (Å²) in [5.41, 5.74) is 2.15. The van der Waals surface area contributed by atoms with Crippen LogP contribution in [0.4, 0.5) is 10.1 Å². The van der Waals surface area contributed by atoms with Crippen molar-refractivity contribution in [3.63, 3.8) is 0 Å². The first-order valence-corrected chi connectivity index (χ1v) is 12.6. The molecular weight excluding hydrogens is 549 g/mol. The molecule has 184 valence electrons. The van der Waals surface area contributed by atoms with Crippen molar-refractivity contribution in [2.75, 3.05) is 18.4 Å². The highest BCUT2D eigenvalue weighted by Crippen LogP contribution is 2.26. The lowest BCUT2D eigenvalue weighted by Crippen LogP contribution is -2.39. The number of benzene rings is 2. The number of piperidine rings is 1. The summed E-state index contributed by atoms with van der Waals surface area (Å²) in [4.78, 5) is 31.8. The number of likely N-dealkylation sites (tertiary alicyclic amines) is 1. The van der Waals surface area contributed by atoms with Gasteiger partial charge in [0.1, 0.15) is 5.82 Å². The van der Waals surface area contributed by atoms with E-state index in [9.17, 15) is 14.0 Å². The number of aromatic nitrogens is 3. The summed E-state index contributed by atoms with van der Waals surface area (Å²) in [6, 6.07) is 10.4. The standard InChI is InChI=1S/C26H22BrClFN5O2/c1-15-22(27)4-3-21(24(15)29)25(35)32-19-13-31-34(14-19)20-6-8-33(9-7-20)26(36)17-10-16-11-18(28)2-5-23(16)30-12-17/h2-5,10-14,20H,6-9H2,1H3,(H,32,35). The Morgan fingerprint density at radius 1 is 1.14 bits per heavy atom. The Hall–Kier alpha value is -3.30. The zero-order valence-corrected chi connectivity index (χ0v) is 21.7. The number of carbonyl (C=O) groups is 2. The van der Waals surface area contributed by atoms with Crippen LogP contribution in [0.1, 0.15) is 45.2 Å². The van der Waals surface area contributed by atoms with Crippen LogP contribution < -0.4 is 5.32 Å². The Labute approximate surface area is 220 Å². The minimum atomic E-state index is -0.559. The zero-order valence-electron chi connectivity index (χ0n) is 19.3. The Bertz CT molecular complexity index is 1480. The van der Waals surface area contributed by atoms with E-state index in [0.29, 0.717) is 52.2 Å². The second-order valence-electron chi connectivity index (χ2n) is 8.78. The third-order valence-corrected chi connectivity index (χ3v) is 7.53. The number of halogens is 3. The van der Waals surface area contributed by atoms with Crippen LogP contribution in [-0.2, 0) is 0 Å². The topological polar surface area (TPSA) is 80.1 Å². The van der Waals surface area contributed by atoms with Crippen LogP contribution in [0.5, 0.6) is 0 Å². The van der Waals surface area contributed by atoms with Gasteiger partial charge in [-0.3, -0.25) is 19.3 Å². The van der Waals surface area contributed by atoms with Gasteiger partial charge in [-0.05, 0) is 61.7 Å². The first-order valence-electron chi connectivity index (χ1n) is 11.4. The predicted octanol–water partition coefficient (Wildman–Crippen LogP) is 6.02. The van der Waals surface area contributed by atoms with Gasteiger partial charge in [-0.1, -0.05) is 27.5 Å². The second-order valence-corrected chi connectivity index (χ2v) is 10.1. The molecule has 5 rings (SSSR count). The molecule has 7 nitrogen and oxygen atoms in total. The maximum absolute atomic E-state index is 14.5. The fraction of sp³-hybridized carbons (Fsp3) is 0.231. The second kappa shape index (κ2) is 9.99. The van der Waals surface area contributed by atoms with E-state index in [4.69, 9.17) is 11.6 Å². The van der Waals surface area contributed by atoms with Crippen LogP contribution in [0.25, 0.3) is 10.9 Å². The summed E-state index contributed by atoms with van der Waals surface area (Å²) in [7, 11) is 0.